The van der Waals surface area contributed by atoms with Gasteiger partial charge < -0.3 is 15.4 Å². The first-order chi connectivity index (χ1) is 17.1. The van der Waals surface area contributed by atoms with Gasteiger partial charge >= 0.3 is 0 Å². The summed E-state index contributed by atoms with van der Waals surface area (Å²) >= 11 is 0. The molecule has 0 saturated heterocycles. The van der Waals surface area contributed by atoms with E-state index in [9.17, 15) is 4.79 Å². The summed E-state index contributed by atoms with van der Waals surface area (Å²) in [5.74, 6) is 0.914. The number of ether oxygens (including phenoxy) is 1. The molecule has 0 fully saturated rings. The molecule has 1 atom stereocenters. The number of nitrogens with one attached hydrogen (secondary N) is 2. The van der Waals surface area contributed by atoms with E-state index in [1.807, 2.05) is 55.7 Å². The third-order valence-electron chi connectivity index (χ3n) is 5.59. The van der Waals surface area contributed by atoms with Crippen molar-refractivity contribution in [3.05, 3.63) is 95.9 Å². The number of anilines is 1. The molecule has 4 aromatic rings. The molecule has 1 amide bonds. The van der Waals surface area contributed by atoms with E-state index in [0.29, 0.717) is 30.1 Å². The Morgan fingerprint density at radius 3 is 2.60 bits per heavy atom. The molecule has 0 aliphatic rings. The number of benzene rings is 2. The highest BCUT2D eigenvalue weighted by atomic mass is 16.5. The average molecular weight is 467 g/mol. The number of methoxy groups -OCH3 is 1. The van der Waals surface area contributed by atoms with Crippen LogP contribution < -0.4 is 15.4 Å². The summed E-state index contributed by atoms with van der Waals surface area (Å²) in [7, 11) is 3.46. The molecule has 0 unspecified atom stereocenters. The van der Waals surface area contributed by atoms with Gasteiger partial charge in [-0.05, 0) is 53.9 Å². The highest BCUT2D eigenvalue weighted by Gasteiger charge is 2.21. The number of aromatic nitrogens is 3. The van der Waals surface area contributed by atoms with Gasteiger partial charge in [0.25, 0.3) is 0 Å². The van der Waals surface area contributed by atoms with Crippen molar-refractivity contribution in [2.24, 2.45) is 7.05 Å². The van der Waals surface area contributed by atoms with E-state index < -0.39 is 6.04 Å². The van der Waals surface area contributed by atoms with Crippen LogP contribution in [0.25, 0.3) is 11.1 Å². The lowest BCUT2D eigenvalue weighted by atomic mass is 10.0. The number of hydrogen-bond acceptors (Lipinski definition) is 6. The summed E-state index contributed by atoms with van der Waals surface area (Å²) in [4.78, 5) is 17.7. The van der Waals surface area contributed by atoms with E-state index in [1.54, 1.807) is 42.4 Å². The fourth-order valence-electron chi connectivity index (χ4n) is 3.70. The first kappa shape index (κ1) is 23.7. The number of carbonyl (C=O) groups excluding carboxylic acids is 1. The highest BCUT2D eigenvalue weighted by Crippen LogP contribution is 2.22. The van der Waals surface area contributed by atoms with Gasteiger partial charge in [0.1, 0.15) is 17.6 Å². The van der Waals surface area contributed by atoms with Crippen LogP contribution in [0.15, 0.2) is 79.3 Å². The summed E-state index contributed by atoms with van der Waals surface area (Å²) in [6.07, 6.45) is 6.10. The summed E-state index contributed by atoms with van der Waals surface area (Å²) in [6.45, 7) is 0.564. The molecule has 0 aliphatic heterocycles. The first-order valence-corrected chi connectivity index (χ1v) is 11.2. The largest absolute Gasteiger partial charge is 0.497 e. The molecular formula is C27H26N6O2. The van der Waals surface area contributed by atoms with Gasteiger partial charge in [-0.1, -0.05) is 24.3 Å². The van der Waals surface area contributed by atoms with E-state index in [2.05, 4.69) is 26.8 Å². The molecule has 4 rings (SSSR count). The van der Waals surface area contributed by atoms with Crippen molar-refractivity contribution in [3.63, 3.8) is 0 Å². The van der Waals surface area contributed by atoms with E-state index >= 15 is 0 Å². The smallest absolute Gasteiger partial charge is 0.247 e. The van der Waals surface area contributed by atoms with E-state index in [1.165, 1.54) is 0 Å². The fraction of sp³-hybridized carbons (Fsp3) is 0.185. The molecule has 2 N–H and O–H groups in total. The predicted molar refractivity (Wildman–Crippen MR) is 134 cm³/mol. The summed E-state index contributed by atoms with van der Waals surface area (Å²) in [6, 6.07) is 20.1. The van der Waals surface area contributed by atoms with Gasteiger partial charge in [-0.2, -0.15) is 10.4 Å². The molecule has 176 valence electrons. The fourth-order valence-corrected chi connectivity index (χ4v) is 3.70. The van der Waals surface area contributed by atoms with Gasteiger partial charge in [0.2, 0.25) is 5.91 Å². The second-order valence-corrected chi connectivity index (χ2v) is 8.05. The summed E-state index contributed by atoms with van der Waals surface area (Å²) < 4.78 is 7.08. The molecular weight excluding hydrogens is 440 g/mol. The van der Waals surface area contributed by atoms with Gasteiger partial charge in [0.15, 0.2) is 0 Å². The molecule has 2 heterocycles. The van der Waals surface area contributed by atoms with Gasteiger partial charge in [-0.25, -0.2) is 4.98 Å². The first-order valence-electron chi connectivity index (χ1n) is 11.2. The van der Waals surface area contributed by atoms with Crippen molar-refractivity contribution in [3.8, 4) is 22.9 Å². The second-order valence-electron chi connectivity index (χ2n) is 8.05. The maximum Gasteiger partial charge on any atom is 0.247 e. The zero-order valence-electron chi connectivity index (χ0n) is 19.6. The highest BCUT2D eigenvalue weighted by molar-refractivity contribution is 5.95. The Balaban J connectivity index is 1.47. The lowest BCUT2D eigenvalue weighted by Crippen LogP contribution is -2.34. The zero-order chi connectivity index (χ0) is 24.6. The van der Waals surface area contributed by atoms with Crippen LogP contribution in [0, 0.1) is 11.3 Å². The zero-order valence-corrected chi connectivity index (χ0v) is 19.6. The van der Waals surface area contributed by atoms with Crippen molar-refractivity contribution >= 4 is 11.7 Å². The monoisotopic (exact) mass is 466 g/mol. The second kappa shape index (κ2) is 11.1. The van der Waals surface area contributed by atoms with Crippen LogP contribution in [0.4, 0.5) is 5.82 Å². The summed E-state index contributed by atoms with van der Waals surface area (Å²) in [5.41, 5.74) is 4.36. The van der Waals surface area contributed by atoms with Crippen molar-refractivity contribution in [1.82, 2.24) is 20.1 Å². The number of amides is 1. The maximum absolute atomic E-state index is 13.3. The lowest BCUT2D eigenvalue weighted by molar-refractivity contribution is -0.118. The maximum atomic E-state index is 13.3. The molecule has 0 saturated carbocycles. The molecule has 8 heteroatoms. The molecule has 0 bridgehead atoms. The number of aryl methyl sites for hydroxylation is 1. The topological polar surface area (TPSA) is 105 Å². The number of hydrogen-bond donors (Lipinski definition) is 2. The standard InChI is InChI=1S/C27H26N6O2/c1-33-18-23(17-31-33)22-10-11-25(30-16-22)32-27(34)26(21-4-3-5-24(14-21)35-2)29-13-12-19-6-8-20(15-28)9-7-19/h3-11,14,16-18,26,29H,12-13H2,1-2H3,(H,30,32,34)/t26-/m1/s1. The van der Waals surface area contributed by atoms with Crippen molar-refractivity contribution in [2.45, 2.75) is 12.5 Å². The van der Waals surface area contributed by atoms with Crippen molar-refractivity contribution in [2.75, 3.05) is 19.0 Å². The Morgan fingerprint density at radius 1 is 1.11 bits per heavy atom. The van der Waals surface area contributed by atoms with Crippen LogP contribution in [0.1, 0.15) is 22.7 Å². The molecule has 2 aromatic carbocycles. The Labute approximate surface area is 204 Å². The van der Waals surface area contributed by atoms with Crippen LogP contribution in [-0.4, -0.2) is 34.3 Å². The van der Waals surface area contributed by atoms with Gasteiger partial charge in [-0.15, -0.1) is 0 Å². The Bertz CT molecular complexity index is 1320. The van der Waals surface area contributed by atoms with Gasteiger partial charge in [0.05, 0.1) is 24.9 Å². The number of nitriles is 1. The van der Waals surface area contributed by atoms with Crippen LogP contribution in [0.5, 0.6) is 5.75 Å². The average Bonchev–Trinajstić information content (AvgIpc) is 3.33. The Kier molecular flexibility index (Phi) is 7.50. The summed E-state index contributed by atoms with van der Waals surface area (Å²) in [5, 5.41) is 19.4. The Morgan fingerprint density at radius 2 is 1.94 bits per heavy atom. The molecule has 0 radical (unpaired) electrons. The normalized spacial score (nSPS) is 11.5. The third-order valence-corrected chi connectivity index (χ3v) is 5.59. The SMILES string of the molecule is COc1cccc([C@@H](NCCc2ccc(C#N)cc2)C(=O)Nc2ccc(-c3cnn(C)c3)cn2)c1. The van der Waals surface area contributed by atoms with Crippen molar-refractivity contribution in [1.29, 1.82) is 5.26 Å². The van der Waals surface area contributed by atoms with Crippen LogP contribution in [-0.2, 0) is 18.3 Å². The Hall–Kier alpha value is -4.48. The van der Waals surface area contributed by atoms with E-state index in [-0.39, 0.29) is 5.91 Å². The van der Waals surface area contributed by atoms with E-state index in [0.717, 1.165) is 22.3 Å². The lowest BCUT2D eigenvalue weighted by Gasteiger charge is -2.19. The molecule has 0 spiro atoms. The van der Waals surface area contributed by atoms with Crippen LogP contribution >= 0.6 is 0 Å². The van der Waals surface area contributed by atoms with Crippen LogP contribution in [0.3, 0.4) is 0 Å². The quantitative estimate of drug-likeness (QED) is 0.388. The minimum absolute atomic E-state index is 0.222. The van der Waals surface area contributed by atoms with Crippen LogP contribution in [0.2, 0.25) is 0 Å². The number of rotatable bonds is 9. The third kappa shape index (κ3) is 6.10. The molecule has 0 aliphatic carbocycles. The number of nitrogens with zero attached hydrogens (tertiary/aromatic N) is 4. The number of carbonyl (C=O) groups is 1. The van der Waals surface area contributed by atoms with Gasteiger partial charge in [-0.3, -0.25) is 9.48 Å². The predicted octanol–water partition coefficient (Wildman–Crippen LogP) is 3.87. The number of pyridine rings is 1. The minimum atomic E-state index is -0.608. The minimum Gasteiger partial charge on any atom is -0.497 e. The van der Waals surface area contributed by atoms with Gasteiger partial charge in [0, 0.05) is 37.1 Å². The molecule has 8 nitrogen and oxygen atoms in total. The van der Waals surface area contributed by atoms with E-state index in [4.69, 9.17) is 10.00 Å². The molecule has 2 aromatic heterocycles. The van der Waals surface area contributed by atoms with Crippen molar-refractivity contribution < 1.29 is 9.53 Å². The molecule has 35 heavy (non-hydrogen) atoms.